The largest absolute Gasteiger partial charge is 0.449 e. The van der Waals surface area contributed by atoms with Crippen molar-refractivity contribution in [1.82, 2.24) is 0 Å². The monoisotopic (exact) mass is 333 g/mol. The molecule has 0 aliphatic heterocycles. The topological polar surface area (TPSA) is 52.4 Å². The van der Waals surface area contributed by atoms with Gasteiger partial charge in [-0.2, -0.15) is 0 Å². The molecule has 0 radical (unpaired) electrons. The third-order valence-electron chi connectivity index (χ3n) is 3.17. The average Bonchev–Trinajstić information content (AvgIpc) is 2.51. The predicted octanol–water partition coefficient (Wildman–Crippen LogP) is 5.85. The van der Waals surface area contributed by atoms with Crippen LogP contribution in [0.1, 0.15) is 0 Å². The Morgan fingerprint density at radius 2 is 1.68 bits per heavy atom. The number of halogens is 2. The van der Waals surface area contributed by atoms with Crippen molar-refractivity contribution in [3.63, 3.8) is 0 Å². The van der Waals surface area contributed by atoms with Crippen LogP contribution >= 0.6 is 23.2 Å². The van der Waals surface area contributed by atoms with Crippen molar-refractivity contribution in [3.05, 3.63) is 74.8 Å². The number of nitro benzene ring substituents is 1. The van der Waals surface area contributed by atoms with Crippen molar-refractivity contribution in [2.45, 2.75) is 0 Å². The lowest BCUT2D eigenvalue weighted by atomic mass is 10.1. The van der Waals surface area contributed by atoms with Crippen LogP contribution in [0.4, 0.5) is 5.69 Å². The molecule has 0 heterocycles. The zero-order valence-electron chi connectivity index (χ0n) is 11.1. The Labute approximate surface area is 136 Å². The second-order valence-electron chi connectivity index (χ2n) is 4.57. The predicted molar refractivity (Wildman–Crippen MR) is 87.1 cm³/mol. The number of nitro groups is 1. The van der Waals surface area contributed by atoms with Gasteiger partial charge in [0.05, 0.1) is 9.95 Å². The van der Waals surface area contributed by atoms with Crippen molar-refractivity contribution in [1.29, 1.82) is 0 Å². The fraction of sp³-hybridized carbons (Fsp3) is 0. The second-order valence-corrected chi connectivity index (χ2v) is 5.38. The molecule has 0 atom stereocenters. The maximum atomic E-state index is 11.1. The van der Waals surface area contributed by atoms with Crippen LogP contribution in [-0.2, 0) is 0 Å². The molecule has 6 heteroatoms. The third-order valence-corrected chi connectivity index (χ3v) is 3.79. The summed E-state index contributed by atoms with van der Waals surface area (Å²) in [5, 5.41) is 13.5. The van der Waals surface area contributed by atoms with E-state index in [4.69, 9.17) is 27.9 Å². The first-order chi connectivity index (χ1) is 10.6. The molecule has 0 aliphatic carbocycles. The van der Waals surface area contributed by atoms with Crippen LogP contribution in [0.15, 0.2) is 54.6 Å². The van der Waals surface area contributed by atoms with Gasteiger partial charge in [0.25, 0.3) is 0 Å². The zero-order valence-corrected chi connectivity index (χ0v) is 12.6. The lowest BCUT2D eigenvalue weighted by Gasteiger charge is -2.10. The summed E-state index contributed by atoms with van der Waals surface area (Å²) in [6.45, 7) is 0. The summed E-state index contributed by atoms with van der Waals surface area (Å²) in [7, 11) is 0. The van der Waals surface area contributed by atoms with E-state index < -0.39 is 4.92 Å². The molecule has 0 amide bonds. The van der Waals surface area contributed by atoms with Gasteiger partial charge in [-0.3, -0.25) is 10.1 Å². The molecule has 3 rings (SSSR count). The van der Waals surface area contributed by atoms with Crippen molar-refractivity contribution in [2.24, 2.45) is 0 Å². The molecule has 0 unspecified atom stereocenters. The highest BCUT2D eigenvalue weighted by Crippen LogP contribution is 2.39. The lowest BCUT2D eigenvalue weighted by Crippen LogP contribution is -1.94. The van der Waals surface area contributed by atoms with Crippen LogP contribution in [0.2, 0.25) is 10.0 Å². The molecule has 0 bridgehead atoms. The smallest absolute Gasteiger partial charge is 0.313 e. The summed E-state index contributed by atoms with van der Waals surface area (Å²) in [5.74, 6) is 0.442. The van der Waals surface area contributed by atoms with Crippen molar-refractivity contribution < 1.29 is 9.66 Å². The Hall–Kier alpha value is -2.30. The lowest BCUT2D eigenvalue weighted by molar-refractivity contribution is -0.385. The fourth-order valence-corrected chi connectivity index (χ4v) is 2.57. The maximum absolute atomic E-state index is 11.1. The number of fused-ring (bicyclic) bond motifs is 1. The molecule has 0 N–H and O–H groups in total. The van der Waals surface area contributed by atoms with Crippen LogP contribution < -0.4 is 4.74 Å². The molecule has 0 aromatic heterocycles. The Morgan fingerprint density at radius 1 is 0.955 bits per heavy atom. The first kappa shape index (κ1) is 14.6. The normalized spacial score (nSPS) is 10.6. The van der Waals surface area contributed by atoms with E-state index in [1.165, 1.54) is 18.2 Å². The number of hydrogen-bond donors (Lipinski definition) is 0. The van der Waals surface area contributed by atoms with E-state index in [-0.39, 0.29) is 16.5 Å². The molecule has 4 nitrogen and oxygen atoms in total. The van der Waals surface area contributed by atoms with Gasteiger partial charge in [0.2, 0.25) is 5.75 Å². The summed E-state index contributed by atoms with van der Waals surface area (Å²) in [6, 6.07) is 15.3. The Balaban J connectivity index is 2.07. The first-order valence-corrected chi connectivity index (χ1v) is 7.11. The summed E-state index contributed by atoms with van der Waals surface area (Å²) in [5.41, 5.74) is -0.211. The van der Waals surface area contributed by atoms with Crippen LogP contribution in [0.3, 0.4) is 0 Å². The highest BCUT2D eigenvalue weighted by molar-refractivity contribution is 6.37. The molecule has 0 spiro atoms. The van der Waals surface area contributed by atoms with E-state index in [1.807, 2.05) is 30.3 Å². The number of nitrogens with zero attached hydrogens (tertiary/aromatic N) is 1. The number of hydrogen-bond acceptors (Lipinski definition) is 3. The number of benzene rings is 3. The summed E-state index contributed by atoms with van der Waals surface area (Å²) < 4.78 is 5.63. The molecular weight excluding hydrogens is 325 g/mol. The van der Waals surface area contributed by atoms with Gasteiger partial charge in [-0.05, 0) is 23.6 Å². The summed E-state index contributed by atoms with van der Waals surface area (Å²) in [6.07, 6.45) is 0. The molecule has 3 aromatic carbocycles. The van der Waals surface area contributed by atoms with E-state index in [0.29, 0.717) is 10.8 Å². The molecule has 0 saturated carbocycles. The van der Waals surface area contributed by atoms with Crippen LogP contribution in [-0.4, -0.2) is 4.92 Å². The zero-order chi connectivity index (χ0) is 15.7. The standard InChI is InChI=1S/C16H9Cl2NO3/c17-11-6-8-14(13(9-11)19(20)21)22-15-7-5-10-3-1-2-4-12(10)16(15)18/h1-9H. The number of ether oxygens (including phenoxy) is 1. The van der Waals surface area contributed by atoms with Crippen molar-refractivity contribution >= 4 is 39.7 Å². The quantitative estimate of drug-likeness (QED) is 0.446. The minimum absolute atomic E-state index is 0.0894. The van der Waals surface area contributed by atoms with Crippen LogP contribution in [0, 0.1) is 10.1 Å². The minimum atomic E-state index is -0.545. The van der Waals surface area contributed by atoms with Gasteiger partial charge in [-0.25, -0.2) is 0 Å². The molecule has 0 saturated heterocycles. The molecular formula is C16H9Cl2NO3. The van der Waals surface area contributed by atoms with Crippen LogP contribution in [0.5, 0.6) is 11.5 Å². The van der Waals surface area contributed by atoms with Gasteiger partial charge >= 0.3 is 5.69 Å². The van der Waals surface area contributed by atoms with Gasteiger partial charge in [0.15, 0.2) is 0 Å². The van der Waals surface area contributed by atoms with E-state index >= 15 is 0 Å². The van der Waals surface area contributed by atoms with Gasteiger partial charge in [-0.1, -0.05) is 53.5 Å². The van der Waals surface area contributed by atoms with Gasteiger partial charge in [0, 0.05) is 16.5 Å². The first-order valence-electron chi connectivity index (χ1n) is 6.35. The molecule has 0 aliphatic rings. The highest BCUT2D eigenvalue weighted by Gasteiger charge is 2.18. The summed E-state index contributed by atoms with van der Waals surface area (Å²) >= 11 is 12.1. The Bertz CT molecular complexity index is 880. The maximum Gasteiger partial charge on any atom is 0.313 e. The van der Waals surface area contributed by atoms with E-state index in [0.717, 1.165) is 10.8 Å². The van der Waals surface area contributed by atoms with Gasteiger partial charge in [0.1, 0.15) is 5.75 Å². The van der Waals surface area contributed by atoms with Crippen molar-refractivity contribution in [2.75, 3.05) is 0 Å². The second kappa shape index (κ2) is 5.83. The highest BCUT2D eigenvalue weighted by atomic mass is 35.5. The minimum Gasteiger partial charge on any atom is -0.449 e. The van der Waals surface area contributed by atoms with Crippen molar-refractivity contribution in [3.8, 4) is 11.5 Å². The Kier molecular flexibility index (Phi) is 3.88. The average molecular weight is 334 g/mol. The molecule has 3 aromatic rings. The fourth-order valence-electron chi connectivity index (χ4n) is 2.13. The van der Waals surface area contributed by atoms with Crippen LogP contribution in [0.25, 0.3) is 10.8 Å². The SMILES string of the molecule is O=[N+]([O-])c1cc(Cl)ccc1Oc1ccc2ccccc2c1Cl. The Morgan fingerprint density at radius 3 is 2.45 bits per heavy atom. The molecule has 22 heavy (non-hydrogen) atoms. The van der Waals surface area contributed by atoms with E-state index in [2.05, 4.69) is 0 Å². The molecule has 0 fully saturated rings. The third kappa shape index (κ3) is 2.71. The summed E-state index contributed by atoms with van der Waals surface area (Å²) in [4.78, 5) is 10.5. The molecule has 110 valence electrons. The van der Waals surface area contributed by atoms with E-state index in [9.17, 15) is 10.1 Å². The number of rotatable bonds is 3. The van der Waals surface area contributed by atoms with E-state index in [1.54, 1.807) is 6.07 Å². The van der Waals surface area contributed by atoms with Gasteiger partial charge in [-0.15, -0.1) is 0 Å². The van der Waals surface area contributed by atoms with Gasteiger partial charge < -0.3 is 4.74 Å².